The minimum atomic E-state index is -1.31. The fourth-order valence-corrected chi connectivity index (χ4v) is 3.12. The highest BCUT2D eigenvalue weighted by molar-refractivity contribution is 6.01. The van der Waals surface area contributed by atoms with Crippen molar-refractivity contribution in [1.82, 2.24) is 10.6 Å². The summed E-state index contributed by atoms with van der Waals surface area (Å²) < 4.78 is 10.1. The molecule has 4 atom stereocenters. The van der Waals surface area contributed by atoms with Crippen molar-refractivity contribution >= 4 is 23.8 Å². The van der Waals surface area contributed by atoms with E-state index in [0.717, 1.165) is 12.7 Å². The first kappa shape index (κ1) is 28.6. The Balaban J connectivity index is 2.87. The molecular weight excluding hydrogens is 440 g/mol. The molecular formula is C25H34N2O7. The van der Waals surface area contributed by atoms with Gasteiger partial charge in [0.2, 0.25) is 11.8 Å². The molecule has 0 aliphatic rings. The number of hydrogen-bond acceptors (Lipinski definition) is 7. The van der Waals surface area contributed by atoms with E-state index < -0.39 is 54.3 Å². The maximum atomic E-state index is 12.8. The number of benzene rings is 1. The van der Waals surface area contributed by atoms with E-state index in [2.05, 4.69) is 23.8 Å². The quantitative estimate of drug-likeness (QED) is 0.198. The summed E-state index contributed by atoms with van der Waals surface area (Å²) in [6, 6.07) is 7.52. The van der Waals surface area contributed by atoms with Crippen molar-refractivity contribution < 1.29 is 33.8 Å². The fraction of sp³-hybridized carbons (Fsp3) is 0.440. The normalized spacial score (nSPS) is 14.0. The Morgan fingerprint density at radius 1 is 1.00 bits per heavy atom. The Kier molecular flexibility index (Phi) is 12.9. The fourth-order valence-electron chi connectivity index (χ4n) is 3.12. The molecule has 0 aromatic heterocycles. The molecule has 0 spiro atoms. The van der Waals surface area contributed by atoms with E-state index in [-0.39, 0.29) is 13.0 Å². The van der Waals surface area contributed by atoms with E-state index in [4.69, 9.17) is 14.6 Å². The summed E-state index contributed by atoms with van der Waals surface area (Å²) in [5, 5.41) is 14.1. The molecule has 1 aromatic carbocycles. The van der Waals surface area contributed by atoms with Crippen LogP contribution in [0, 0.1) is 11.8 Å². The van der Waals surface area contributed by atoms with E-state index in [1.54, 1.807) is 13.0 Å². The summed E-state index contributed by atoms with van der Waals surface area (Å²) in [5.74, 6) is -4.49. The number of rotatable bonds is 15. The van der Waals surface area contributed by atoms with Crippen LogP contribution in [0.2, 0.25) is 0 Å². The number of carbonyl (C=O) groups is 4. The number of ether oxygens (including phenoxy) is 2. The average Bonchev–Trinajstić information content (AvgIpc) is 2.84. The predicted molar refractivity (Wildman–Crippen MR) is 126 cm³/mol. The third-order valence-electron chi connectivity index (χ3n) is 5.00. The summed E-state index contributed by atoms with van der Waals surface area (Å²) in [6.07, 6.45) is 3.80. The van der Waals surface area contributed by atoms with Gasteiger partial charge in [-0.2, -0.15) is 0 Å². The SMILES string of the molecule is C=CCC(C(=O)N[C@H](C)CO)C(=O)N[C@H](COC(=O)[C@@H](CC=C)Cc1ccccc1)C(=O)OC. The van der Waals surface area contributed by atoms with Gasteiger partial charge in [-0.3, -0.25) is 14.4 Å². The van der Waals surface area contributed by atoms with Gasteiger partial charge in [-0.25, -0.2) is 4.79 Å². The van der Waals surface area contributed by atoms with Crippen LogP contribution >= 0.6 is 0 Å². The lowest BCUT2D eigenvalue weighted by molar-refractivity contribution is -0.155. The van der Waals surface area contributed by atoms with Crippen molar-refractivity contribution in [2.75, 3.05) is 20.3 Å². The molecule has 0 aliphatic carbocycles. The first-order valence-corrected chi connectivity index (χ1v) is 11.0. The molecule has 0 bridgehead atoms. The summed E-state index contributed by atoms with van der Waals surface area (Å²) in [7, 11) is 1.14. The van der Waals surface area contributed by atoms with Gasteiger partial charge in [-0.15, -0.1) is 13.2 Å². The maximum absolute atomic E-state index is 12.8. The summed E-state index contributed by atoms with van der Waals surface area (Å²) in [5.41, 5.74) is 0.944. The third kappa shape index (κ3) is 9.58. The van der Waals surface area contributed by atoms with Crippen LogP contribution in [-0.2, 0) is 35.1 Å². The molecule has 9 heteroatoms. The van der Waals surface area contributed by atoms with Gasteiger partial charge < -0.3 is 25.2 Å². The molecule has 0 fully saturated rings. The molecule has 0 saturated carbocycles. The van der Waals surface area contributed by atoms with Crippen LogP contribution in [0.5, 0.6) is 0 Å². The standard InChI is InChI=1S/C25H34N2O7/c1-5-10-19(14-18-12-8-7-9-13-18)24(31)34-16-21(25(32)33-4)27-23(30)20(11-6-2)22(29)26-17(3)15-28/h5-9,12-13,17,19-21,28H,1-2,10-11,14-16H2,3-4H3,(H,26,29)(H,27,30)/t17-,19+,20?,21-/m1/s1. The minimum absolute atomic E-state index is 0.00196. The zero-order valence-electron chi connectivity index (χ0n) is 19.7. The van der Waals surface area contributed by atoms with Crippen LogP contribution in [0.1, 0.15) is 25.3 Å². The number of aliphatic hydroxyl groups excluding tert-OH is 1. The van der Waals surface area contributed by atoms with Gasteiger partial charge in [0, 0.05) is 6.04 Å². The van der Waals surface area contributed by atoms with Crippen LogP contribution < -0.4 is 10.6 Å². The molecule has 1 rings (SSSR count). The second kappa shape index (κ2) is 15.4. The highest BCUT2D eigenvalue weighted by Gasteiger charge is 2.32. The largest absolute Gasteiger partial charge is 0.467 e. The zero-order chi connectivity index (χ0) is 25.5. The van der Waals surface area contributed by atoms with E-state index in [0.29, 0.717) is 12.8 Å². The van der Waals surface area contributed by atoms with Gasteiger partial charge in [0.15, 0.2) is 6.04 Å². The van der Waals surface area contributed by atoms with Crippen molar-refractivity contribution in [2.24, 2.45) is 11.8 Å². The number of allylic oxidation sites excluding steroid dienone is 2. The van der Waals surface area contributed by atoms with Crippen LogP contribution in [0.15, 0.2) is 55.6 Å². The highest BCUT2D eigenvalue weighted by atomic mass is 16.5. The number of amides is 2. The molecule has 3 N–H and O–H groups in total. The van der Waals surface area contributed by atoms with Crippen LogP contribution in [0.4, 0.5) is 0 Å². The molecule has 2 amide bonds. The Hall–Kier alpha value is -3.46. The Morgan fingerprint density at radius 3 is 2.18 bits per heavy atom. The first-order valence-electron chi connectivity index (χ1n) is 11.0. The molecule has 0 heterocycles. The van der Waals surface area contributed by atoms with E-state index in [1.807, 2.05) is 30.3 Å². The van der Waals surface area contributed by atoms with Gasteiger partial charge in [-0.1, -0.05) is 42.5 Å². The van der Waals surface area contributed by atoms with Crippen molar-refractivity contribution in [2.45, 2.75) is 38.3 Å². The molecule has 0 radical (unpaired) electrons. The van der Waals surface area contributed by atoms with Gasteiger partial charge >= 0.3 is 11.9 Å². The van der Waals surface area contributed by atoms with Gasteiger partial charge in [0.1, 0.15) is 12.5 Å². The van der Waals surface area contributed by atoms with Crippen molar-refractivity contribution in [3.63, 3.8) is 0 Å². The highest BCUT2D eigenvalue weighted by Crippen LogP contribution is 2.15. The second-order valence-corrected chi connectivity index (χ2v) is 7.79. The summed E-state index contributed by atoms with van der Waals surface area (Å²) >= 11 is 0. The van der Waals surface area contributed by atoms with Crippen LogP contribution in [-0.4, -0.2) is 61.3 Å². The maximum Gasteiger partial charge on any atom is 0.331 e. The van der Waals surface area contributed by atoms with Crippen molar-refractivity contribution in [3.05, 3.63) is 61.2 Å². The molecule has 9 nitrogen and oxygen atoms in total. The molecule has 186 valence electrons. The van der Waals surface area contributed by atoms with E-state index in [1.165, 1.54) is 6.08 Å². The molecule has 34 heavy (non-hydrogen) atoms. The number of methoxy groups -OCH3 is 1. The zero-order valence-corrected chi connectivity index (χ0v) is 19.7. The van der Waals surface area contributed by atoms with E-state index >= 15 is 0 Å². The van der Waals surface area contributed by atoms with Crippen LogP contribution in [0.3, 0.4) is 0 Å². The molecule has 1 unspecified atom stereocenters. The van der Waals surface area contributed by atoms with E-state index in [9.17, 15) is 19.2 Å². The van der Waals surface area contributed by atoms with Crippen molar-refractivity contribution in [1.29, 1.82) is 0 Å². The monoisotopic (exact) mass is 474 g/mol. The van der Waals surface area contributed by atoms with Crippen molar-refractivity contribution in [3.8, 4) is 0 Å². The lowest BCUT2D eigenvalue weighted by Gasteiger charge is -2.22. The Morgan fingerprint density at radius 2 is 1.62 bits per heavy atom. The second-order valence-electron chi connectivity index (χ2n) is 7.79. The number of aliphatic hydroxyl groups is 1. The molecule has 0 aliphatic heterocycles. The average molecular weight is 475 g/mol. The topological polar surface area (TPSA) is 131 Å². The van der Waals surface area contributed by atoms with Crippen LogP contribution in [0.25, 0.3) is 0 Å². The lowest BCUT2D eigenvalue weighted by Crippen LogP contribution is -2.51. The Bertz CT molecular complexity index is 841. The number of esters is 2. The summed E-state index contributed by atoms with van der Waals surface area (Å²) in [4.78, 5) is 50.1. The number of carbonyl (C=O) groups excluding carboxylic acids is 4. The van der Waals surface area contributed by atoms with Gasteiger partial charge in [-0.05, 0) is 31.7 Å². The molecule has 0 saturated heterocycles. The lowest BCUT2D eigenvalue weighted by atomic mass is 9.96. The molecule has 1 aromatic rings. The third-order valence-corrected chi connectivity index (χ3v) is 5.00. The number of nitrogens with one attached hydrogen (secondary N) is 2. The van der Waals surface area contributed by atoms with Gasteiger partial charge in [0.25, 0.3) is 0 Å². The number of hydrogen-bond donors (Lipinski definition) is 3. The van der Waals surface area contributed by atoms with Gasteiger partial charge in [0.05, 0.1) is 19.6 Å². The Labute approximate surface area is 200 Å². The summed E-state index contributed by atoms with van der Waals surface area (Å²) in [6.45, 7) is 8.04. The minimum Gasteiger partial charge on any atom is -0.467 e. The predicted octanol–water partition coefficient (Wildman–Crippen LogP) is 1.31. The smallest absolute Gasteiger partial charge is 0.331 e. The first-order chi connectivity index (χ1) is 16.3.